The van der Waals surface area contributed by atoms with Gasteiger partial charge in [0.15, 0.2) is 0 Å². The Morgan fingerprint density at radius 1 is 1.38 bits per heavy atom. The molecule has 0 fully saturated rings. The van der Waals surface area contributed by atoms with Gasteiger partial charge in [0.25, 0.3) is 0 Å². The van der Waals surface area contributed by atoms with Crippen molar-refractivity contribution in [2.75, 3.05) is 13.7 Å². The van der Waals surface area contributed by atoms with Crippen LogP contribution in [-0.4, -0.2) is 13.7 Å². The molecule has 1 heterocycles. The molecule has 0 amide bonds. The van der Waals surface area contributed by atoms with Gasteiger partial charge >= 0.3 is 6.18 Å². The molecule has 0 bridgehead atoms. The molecule has 1 aliphatic rings. The van der Waals surface area contributed by atoms with Gasteiger partial charge in [-0.25, -0.2) is 4.39 Å². The number of nitrogens with one attached hydrogen (secondary N) is 1. The maximum Gasteiger partial charge on any atom is 0.419 e. The number of alkyl halides is 3. The lowest BCUT2D eigenvalue weighted by Gasteiger charge is -2.11. The van der Waals surface area contributed by atoms with Crippen molar-refractivity contribution >= 4 is 0 Å². The zero-order valence-corrected chi connectivity index (χ0v) is 8.36. The van der Waals surface area contributed by atoms with Crippen molar-refractivity contribution in [3.8, 4) is 5.75 Å². The number of hydrogen-bond donors (Lipinski definition) is 1. The molecule has 6 heteroatoms. The van der Waals surface area contributed by atoms with E-state index in [1.807, 2.05) is 0 Å². The fourth-order valence-corrected chi connectivity index (χ4v) is 1.69. The molecule has 1 aromatic carbocycles. The van der Waals surface area contributed by atoms with E-state index in [-0.39, 0.29) is 18.4 Å². The minimum absolute atomic E-state index is 0.0908. The zero-order valence-electron chi connectivity index (χ0n) is 8.36. The number of benzene rings is 1. The Kier molecular flexibility index (Phi) is 2.53. The van der Waals surface area contributed by atoms with Gasteiger partial charge in [-0.2, -0.15) is 13.2 Å². The van der Waals surface area contributed by atoms with Crippen LogP contribution in [0.5, 0.6) is 5.75 Å². The molecule has 0 radical (unpaired) electrons. The zero-order chi connectivity index (χ0) is 11.9. The highest BCUT2D eigenvalue weighted by Gasteiger charge is 2.37. The summed E-state index contributed by atoms with van der Waals surface area (Å²) in [6.07, 6.45) is -4.69. The van der Waals surface area contributed by atoms with E-state index in [0.717, 1.165) is 6.07 Å². The molecule has 1 aromatic rings. The summed E-state index contributed by atoms with van der Waals surface area (Å²) in [4.78, 5) is 0. The van der Waals surface area contributed by atoms with Gasteiger partial charge < -0.3 is 10.1 Å². The van der Waals surface area contributed by atoms with Gasteiger partial charge in [-0.15, -0.1) is 0 Å². The second kappa shape index (κ2) is 3.62. The van der Waals surface area contributed by atoms with E-state index >= 15 is 0 Å². The Bertz CT molecular complexity index is 416. The van der Waals surface area contributed by atoms with Crippen LogP contribution in [0.15, 0.2) is 12.1 Å². The summed E-state index contributed by atoms with van der Waals surface area (Å²) in [5, 5.41) is 2.83. The van der Waals surface area contributed by atoms with Crippen LogP contribution in [0.1, 0.15) is 17.2 Å². The summed E-state index contributed by atoms with van der Waals surface area (Å²) in [7, 11) is 1.64. The van der Waals surface area contributed by atoms with E-state index < -0.39 is 17.6 Å². The van der Waals surface area contributed by atoms with Crippen LogP contribution in [0, 0.1) is 5.82 Å². The molecule has 1 unspecified atom stereocenters. The average Bonchev–Trinajstić information content (AvgIpc) is 2.57. The highest BCUT2D eigenvalue weighted by Crippen LogP contribution is 2.39. The van der Waals surface area contributed by atoms with Crippen molar-refractivity contribution in [1.82, 2.24) is 5.32 Å². The summed E-state index contributed by atoms with van der Waals surface area (Å²) in [5.41, 5.74) is -0.865. The molecule has 88 valence electrons. The van der Waals surface area contributed by atoms with E-state index in [2.05, 4.69) is 5.32 Å². The Morgan fingerprint density at radius 2 is 2.06 bits per heavy atom. The molecule has 0 aromatic heterocycles. The molecular weight excluding hydrogens is 226 g/mol. The standard InChI is InChI=1S/C10H9F4NO/c1-15-8-4-16-9-3-6(10(12,13)14)7(11)2-5(8)9/h2-3,8,15H,4H2,1H3. The second-order valence-electron chi connectivity index (χ2n) is 3.52. The summed E-state index contributed by atoms with van der Waals surface area (Å²) in [5.74, 6) is -1.18. The second-order valence-corrected chi connectivity index (χ2v) is 3.52. The number of halogens is 4. The summed E-state index contributed by atoms with van der Waals surface area (Å²) in [6.45, 7) is 0.215. The van der Waals surface area contributed by atoms with Gasteiger partial charge in [0.1, 0.15) is 18.2 Å². The lowest BCUT2D eigenvalue weighted by Crippen LogP contribution is -2.17. The number of ether oxygens (including phenoxy) is 1. The van der Waals surface area contributed by atoms with Crippen molar-refractivity contribution in [3.63, 3.8) is 0 Å². The monoisotopic (exact) mass is 235 g/mol. The third kappa shape index (κ3) is 1.73. The average molecular weight is 235 g/mol. The predicted molar refractivity (Wildman–Crippen MR) is 48.7 cm³/mol. The Morgan fingerprint density at radius 3 is 2.62 bits per heavy atom. The van der Waals surface area contributed by atoms with E-state index in [9.17, 15) is 17.6 Å². The third-order valence-corrected chi connectivity index (χ3v) is 2.53. The highest BCUT2D eigenvalue weighted by molar-refractivity contribution is 5.44. The first-order chi connectivity index (χ1) is 7.43. The van der Waals surface area contributed by atoms with Gasteiger partial charge in [0, 0.05) is 5.56 Å². The van der Waals surface area contributed by atoms with Crippen molar-refractivity contribution in [2.24, 2.45) is 0 Å². The molecule has 16 heavy (non-hydrogen) atoms. The Hall–Kier alpha value is -1.30. The van der Waals surface area contributed by atoms with Crippen LogP contribution >= 0.6 is 0 Å². The number of rotatable bonds is 1. The van der Waals surface area contributed by atoms with Crippen LogP contribution in [0.4, 0.5) is 17.6 Å². The Balaban J connectivity index is 2.49. The molecule has 1 aliphatic heterocycles. The van der Waals surface area contributed by atoms with Crippen molar-refractivity contribution in [2.45, 2.75) is 12.2 Å². The fraction of sp³-hybridized carbons (Fsp3) is 0.400. The van der Waals surface area contributed by atoms with Gasteiger partial charge in [0.2, 0.25) is 0 Å². The minimum atomic E-state index is -4.69. The quantitative estimate of drug-likeness (QED) is 0.755. The fourth-order valence-electron chi connectivity index (χ4n) is 1.69. The SMILES string of the molecule is CNC1COc2cc(C(F)(F)F)c(F)cc21. The molecule has 0 aliphatic carbocycles. The molecule has 0 spiro atoms. The molecule has 1 atom stereocenters. The summed E-state index contributed by atoms with van der Waals surface area (Å²) in [6, 6.07) is 1.33. The summed E-state index contributed by atoms with van der Waals surface area (Å²) < 4.78 is 55.5. The van der Waals surface area contributed by atoms with Crippen LogP contribution in [0.2, 0.25) is 0 Å². The number of fused-ring (bicyclic) bond motifs is 1. The topological polar surface area (TPSA) is 21.3 Å². The van der Waals surface area contributed by atoms with Crippen LogP contribution in [-0.2, 0) is 6.18 Å². The van der Waals surface area contributed by atoms with Gasteiger partial charge in [0.05, 0.1) is 11.6 Å². The molecule has 0 saturated carbocycles. The highest BCUT2D eigenvalue weighted by atomic mass is 19.4. The smallest absolute Gasteiger partial charge is 0.419 e. The molecule has 2 rings (SSSR count). The predicted octanol–water partition coefficient (Wildman–Crippen LogP) is 2.50. The molecule has 1 N–H and O–H groups in total. The first-order valence-corrected chi connectivity index (χ1v) is 4.64. The lowest BCUT2D eigenvalue weighted by atomic mass is 10.1. The first-order valence-electron chi connectivity index (χ1n) is 4.64. The number of likely N-dealkylation sites (N-methyl/N-ethyl adjacent to an activating group) is 1. The Labute approximate surface area is 89.2 Å². The van der Waals surface area contributed by atoms with E-state index in [0.29, 0.717) is 11.6 Å². The van der Waals surface area contributed by atoms with Crippen molar-refractivity contribution in [3.05, 3.63) is 29.1 Å². The largest absolute Gasteiger partial charge is 0.491 e. The van der Waals surface area contributed by atoms with Gasteiger partial charge in [-0.3, -0.25) is 0 Å². The third-order valence-electron chi connectivity index (χ3n) is 2.53. The van der Waals surface area contributed by atoms with Gasteiger partial charge in [-0.1, -0.05) is 0 Å². The van der Waals surface area contributed by atoms with Crippen LogP contribution in [0.25, 0.3) is 0 Å². The van der Waals surface area contributed by atoms with E-state index in [1.165, 1.54) is 0 Å². The van der Waals surface area contributed by atoms with Crippen molar-refractivity contribution in [1.29, 1.82) is 0 Å². The maximum absolute atomic E-state index is 13.2. The number of hydrogen-bond acceptors (Lipinski definition) is 2. The molecular formula is C10H9F4NO. The maximum atomic E-state index is 13.2. The lowest BCUT2D eigenvalue weighted by molar-refractivity contribution is -0.140. The first kappa shape index (κ1) is 11.2. The van der Waals surface area contributed by atoms with E-state index in [1.54, 1.807) is 7.05 Å². The van der Waals surface area contributed by atoms with Crippen LogP contribution < -0.4 is 10.1 Å². The molecule has 0 saturated heterocycles. The normalized spacial score (nSPS) is 19.4. The van der Waals surface area contributed by atoms with Crippen LogP contribution in [0.3, 0.4) is 0 Å². The minimum Gasteiger partial charge on any atom is -0.491 e. The van der Waals surface area contributed by atoms with Crippen molar-refractivity contribution < 1.29 is 22.3 Å². The molecule has 2 nitrogen and oxygen atoms in total. The van der Waals surface area contributed by atoms with Gasteiger partial charge in [-0.05, 0) is 19.2 Å². The summed E-state index contributed by atoms with van der Waals surface area (Å²) >= 11 is 0. The van der Waals surface area contributed by atoms with E-state index in [4.69, 9.17) is 4.74 Å².